The van der Waals surface area contributed by atoms with E-state index in [-0.39, 0.29) is 5.60 Å². The highest BCUT2D eigenvalue weighted by molar-refractivity contribution is 4.84. The van der Waals surface area contributed by atoms with E-state index in [4.69, 9.17) is 15.2 Å². The molecule has 1 rings (SSSR count). The molecule has 0 radical (unpaired) electrons. The monoisotopic (exact) mass is 215 g/mol. The van der Waals surface area contributed by atoms with Crippen molar-refractivity contribution in [3.63, 3.8) is 0 Å². The Morgan fingerprint density at radius 2 is 2.27 bits per heavy atom. The molecule has 1 aliphatic rings. The first-order valence-corrected chi connectivity index (χ1v) is 6.10. The summed E-state index contributed by atoms with van der Waals surface area (Å²) in [5, 5.41) is 0. The van der Waals surface area contributed by atoms with E-state index in [0.29, 0.717) is 13.2 Å². The summed E-state index contributed by atoms with van der Waals surface area (Å²) in [5.41, 5.74) is 5.59. The lowest BCUT2D eigenvalue weighted by Crippen LogP contribution is -2.48. The maximum Gasteiger partial charge on any atom is 0.104 e. The highest BCUT2D eigenvalue weighted by Gasteiger charge is 2.32. The quantitative estimate of drug-likeness (QED) is 0.689. The molecule has 15 heavy (non-hydrogen) atoms. The van der Waals surface area contributed by atoms with Crippen LogP contribution in [-0.2, 0) is 9.47 Å². The Labute approximate surface area is 93.3 Å². The van der Waals surface area contributed by atoms with Gasteiger partial charge in [0.15, 0.2) is 0 Å². The van der Waals surface area contributed by atoms with Crippen LogP contribution in [0.2, 0.25) is 0 Å². The molecule has 3 nitrogen and oxygen atoms in total. The lowest BCUT2D eigenvalue weighted by molar-refractivity contribution is -0.123. The van der Waals surface area contributed by atoms with E-state index in [1.165, 1.54) is 6.42 Å². The van der Waals surface area contributed by atoms with Gasteiger partial charge in [0.2, 0.25) is 0 Å². The van der Waals surface area contributed by atoms with E-state index < -0.39 is 0 Å². The second-order valence-electron chi connectivity index (χ2n) is 4.93. The van der Waals surface area contributed by atoms with Gasteiger partial charge in [-0.25, -0.2) is 0 Å². The minimum Gasteiger partial charge on any atom is -0.378 e. The zero-order valence-corrected chi connectivity index (χ0v) is 10.1. The fourth-order valence-corrected chi connectivity index (χ4v) is 1.94. The van der Waals surface area contributed by atoms with Gasteiger partial charge >= 0.3 is 0 Å². The van der Waals surface area contributed by atoms with E-state index >= 15 is 0 Å². The van der Waals surface area contributed by atoms with Crippen LogP contribution in [0.4, 0.5) is 0 Å². The topological polar surface area (TPSA) is 44.5 Å². The zero-order valence-electron chi connectivity index (χ0n) is 10.1. The molecule has 0 aromatic carbocycles. The van der Waals surface area contributed by atoms with Crippen LogP contribution < -0.4 is 5.73 Å². The molecule has 0 aromatic heterocycles. The van der Waals surface area contributed by atoms with Gasteiger partial charge in [0.05, 0.1) is 6.61 Å². The first-order chi connectivity index (χ1) is 7.18. The molecule has 1 aliphatic heterocycles. The maximum atomic E-state index is 5.92. The molecule has 1 fully saturated rings. The largest absolute Gasteiger partial charge is 0.378 e. The predicted molar refractivity (Wildman–Crippen MR) is 61.9 cm³/mol. The van der Waals surface area contributed by atoms with E-state index in [1.807, 2.05) is 0 Å². The molecule has 90 valence electrons. The van der Waals surface area contributed by atoms with Crippen molar-refractivity contribution in [1.29, 1.82) is 0 Å². The van der Waals surface area contributed by atoms with Crippen molar-refractivity contribution in [3.05, 3.63) is 0 Å². The summed E-state index contributed by atoms with van der Waals surface area (Å²) >= 11 is 0. The molecule has 0 amide bonds. The van der Waals surface area contributed by atoms with Crippen LogP contribution in [-0.4, -0.2) is 32.0 Å². The third-order valence-electron chi connectivity index (χ3n) is 2.99. The Hall–Kier alpha value is -0.120. The average Bonchev–Trinajstić information content (AvgIpc) is 2.26. The summed E-state index contributed by atoms with van der Waals surface area (Å²) in [6.45, 7) is 7.40. The minimum absolute atomic E-state index is 0.185. The molecule has 1 heterocycles. The zero-order chi connectivity index (χ0) is 11.1. The van der Waals surface area contributed by atoms with Crippen molar-refractivity contribution in [2.24, 2.45) is 11.7 Å². The highest BCUT2D eigenvalue weighted by Crippen LogP contribution is 2.22. The molecule has 0 aliphatic carbocycles. The van der Waals surface area contributed by atoms with Crippen molar-refractivity contribution >= 4 is 0 Å². The molecule has 0 aromatic rings. The standard InChI is InChI=1S/C12H25NO2/c1-11(2)5-3-8-15-12(9-13)6-4-7-14-10-12/h11H,3-10,13H2,1-2H3. The summed E-state index contributed by atoms with van der Waals surface area (Å²) in [4.78, 5) is 0. The van der Waals surface area contributed by atoms with Gasteiger partial charge in [-0.1, -0.05) is 13.8 Å². The normalized spacial score (nSPS) is 27.2. The first-order valence-electron chi connectivity index (χ1n) is 6.10. The Morgan fingerprint density at radius 3 is 2.80 bits per heavy atom. The van der Waals surface area contributed by atoms with Crippen LogP contribution in [0, 0.1) is 5.92 Å². The molecule has 2 N–H and O–H groups in total. The van der Waals surface area contributed by atoms with Crippen molar-refractivity contribution in [2.45, 2.75) is 45.1 Å². The van der Waals surface area contributed by atoms with E-state index in [1.54, 1.807) is 0 Å². The second-order valence-corrected chi connectivity index (χ2v) is 4.93. The number of rotatable bonds is 6. The molecule has 3 heteroatoms. The summed E-state index contributed by atoms with van der Waals surface area (Å²) in [5.74, 6) is 0.755. The van der Waals surface area contributed by atoms with Gasteiger partial charge in [0.1, 0.15) is 5.60 Å². The lowest BCUT2D eigenvalue weighted by atomic mass is 9.96. The van der Waals surface area contributed by atoms with E-state index in [2.05, 4.69) is 13.8 Å². The van der Waals surface area contributed by atoms with Gasteiger partial charge in [0.25, 0.3) is 0 Å². The van der Waals surface area contributed by atoms with Crippen LogP contribution in [0.15, 0.2) is 0 Å². The van der Waals surface area contributed by atoms with Crippen molar-refractivity contribution in [1.82, 2.24) is 0 Å². The minimum atomic E-state index is -0.185. The van der Waals surface area contributed by atoms with Gasteiger partial charge in [-0.2, -0.15) is 0 Å². The van der Waals surface area contributed by atoms with Crippen LogP contribution in [0.25, 0.3) is 0 Å². The molecule has 1 unspecified atom stereocenters. The van der Waals surface area contributed by atoms with Gasteiger partial charge in [-0.3, -0.25) is 0 Å². The van der Waals surface area contributed by atoms with Crippen molar-refractivity contribution in [2.75, 3.05) is 26.4 Å². The molecule has 1 atom stereocenters. The second kappa shape index (κ2) is 6.46. The summed E-state index contributed by atoms with van der Waals surface area (Å²) in [6.07, 6.45) is 4.47. The summed E-state index contributed by atoms with van der Waals surface area (Å²) in [6, 6.07) is 0. The predicted octanol–water partition coefficient (Wildman–Crippen LogP) is 1.95. The number of nitrogens with two attached hydrogens (primary N) is 1. The van der Waals surface area contributed by atoms with Gasteiger partial charge in [0, 0.05) is 19.8 Å². The highest BCUT2D eigenvalue weighted by atomic mass is 16.5. The van der Waals surface area contributed by atoms with Crippen molar-refractivity contribution in [3.8, 4) is 0 Å². The fourth-order valence-electron chi connectivity index (χ4n) is 1.94. The molecular formula is C12H25NO2. The number of hydrogen-bond acceptors (Lipinski definition) is 3. The van der Waals surface area contributed by atoms with Gasteiger partial charge in [-0.05, 0) is 31.6 Å². The molecule has 0 spiro atoms. The molecule has 0 bridgehead atoms. The van der Waals surface area contributed by atoms with Crippen LogP contribution >= 0.6 is 0 Å². The number of ether oxygens (including phenoxy) is 2. The smallest absolute Gasteiger partial charge is 0.104 e. The van der Waals surface area contributed by atoms with Crippen molar-refractivity contribution < 1.29 is 9.47 Å². The first kappa shape index (κ1) is 12.9. The Bertz CT molecular complexity index is 165. The average molecular weight is 215 g/mol. The molecule has 1 saturated heterocycles. The van der Waals surface area contributed by atoms with E-state index in [0.717, 1.165) is 38.4 Å². The van der Waals surface area contributed by atoms with Gasteiger partial charge in [-0.15, -0.1) is 0 Å². The summed E-state index contributed by atoms with van der Waals surface area (Å²) < 4.78 is 11.4. The maximum absolute atomic E-state index is 5.92. The third-order valence-corrected chi connectivity index (χ3v) is 2.99. The Morgan fingerprint density at radius 1 is 1.47 bits per heavy atom. The van der Waals surface area contributed by atoms with Crippen LogP contribution in [0.1, 0.15) is 39.5 Å². The van der Waals surface area contributed by atoms with Gasteiger partial charge < -0.3 is 15.2 Å². The van der Waals surface area contributed by atoms with E-state index in [9.17, 15) is 0 Å². The third kappa shape index (κ3) is 4.49. The lowest BCUT2D eigenvalue weighted by Gasteiger charge is -2.36. The Balaban J connectivity index is 2.20. The number of hydrogen-bond donors (Lipinski definition) is 1. The molecule has 0 saturated carbocycles. The SMILES string of the molecule is CC(C)CCCOC1(CN)CCCOC1. The Kier molecular flexibility index (Phi) is 5.58. The van der Waals surface area contributed by atoms with Crippen LogP contribution in [0.5, 0.6) is 0 Å². The summed E-state index contributed by atoms with van der Waals surface area (Å²) in [7, 11) is 0. The fraction of sp³-hybridized carbons (Fsp3) is 1.00. The van der Waals surface area contributed by atoms with Crippen LogP contribution in [0.3, 0.4) is 0 Å². The molecular weight excluding hydrogens is 190 g/mol.